The number of ketones is 1. The van der Waals surface area contributed by atoms with E-state index in [-0.39, 0.29) is 17.1 Å². The molecule has 0 unspecified atom stereocenters. The monoisotopic (exact) mass is 534 g/mol. The second-order valence-corrected chi connectivity index (χ2v) is 11.1. The van der Waals surface area contributed by atoms with Crippen molar-refractivity contribution in [2.75, 3.05) is 13.2 Å². The molecule has 12 atom stereocenters. The summed E-state index contributed by atoms with van der Waals surface area (Å²) in [4.78, 5) is 11.9. The van der Waals surface area contributed by atoms with Gasteiger partial charge in [-0.1, -0.05) is 19.4 Å². The molecule has 0 aromatic heterocycles. The van der Waals surface area contributed by atoms with Crippen LogP contribution >= 0.6 is 0 Å². The third-order valence-corrected chi connectivity index (χ3v) is 7.70. The normalized spacial score (nSPS) is 43.4. The van der Waals surface area contributed by atoms with Gasteiger partial charge in [0.05, 0.1) is 19.3 Å². The Morgan fingerprint density at radius 3 is 2.14 bits per heavy atom. The quantitative estimate of drug-likeness (QED) is 0.178. The highest BCUT2D eigenvalue weighted by Crippen LogP contribution is 2.42. The Kier molecular flexibility index (Phi) is 10.3. The summed E-state index contributed by atoms with van der Waals surface area (Å²) in [6, 6.07) is 0. The molecule has 3 aliphatic rings. The van der Waals surface area contributed by atoms with Gasteiger partial charge in [-0.05, 0) is 44.1 Å². The maximum absolute atomic E-state index is 11.9. The highest BCUT2D eigenvalue weighted by molar-refractivity contribution is 5.91. The lowest BCUT2D eigenvalue weighted by Gasteiger charge is -2.46. The van der Waals surface area contributed by atoms with Crippen LogP contribution in [-0.4, -0.2) is 122 Å². The minimum absolute atomic E-state index is 0.117. The van der Waals surface area contributed by atoms with Crippen LogP contribution in [0.5, 0.6) is 0 Å². The van der Waals surface area contributed by atoms with Gasteiger partial charge in [0, 0.05) is 6.42 Å². The summed E-state index contributed by atoms with van der Waals surface area (Å²) in [6.45, 7) is 6.56. The maximum atomic E-state index is 11.9. The second kappa shape index (κ2) is 12.4. The van der Waals surface area contributed by atoms with E-state index in [0.29, 0.717) is 12.8 Å². The Morgan fingerprint density at radius 2 is 1.54 bits per heavy atom. The summed E-state index contributed by atoms with van der Waals surface area (Å²) in [7, 11) is 0. The summed E-state index contributed by atoms with van der Waals surface area (Å²) in [5.74, 6) is 0.298. The third kappa shape index (κ3) is 6.76. The van der Waals surface area contributed by atoms with Gasteiger partial charge in [-0.2, -0.15) is 0 Å². The first-order valence-electron chi connectivity index (χ1n) is 12.8. The van der Waals surface area contributed by atoms with Gasteiger partial charge in [-0.3, -0.25) is 4.79 Å². The average Bonchev–Trinajstić information content (AvgIpc) is 2.82. The van der Waals surface area contributed by atoms with Crippen LogP contribution < -0.4 is 0 Å². The SMILES string of the molecule is CC1=CC(=O)CC(C)(C)[C@H]1CC[C@@H](C)O[C@@H]1O[C@H](CO)[C@@H](O[C@@H]2O[C@H](CO)[C@@H](O)[C@H](O)[C@H]2O)[C@H](O)[C@H]1O. The van der Waals surface area contributed by atoms with Crippen molar-refractivity contribution in [1.82, 2.24) is 0 Å². The molecule has 12 heteroatoms. The van der Waals surface area contributed by atoms with Crippen molar-refractivity contribution >= 4 is 5.78 Å². The molecular formula is C25H42O12. The molecule has 0 radical (unpaired) electrons. The Labute approximate surface area is 216 Å². The second-order valence-electron chi connectivity index (χ2n) is 11.1. The molecule has 0 spiro atoms. The van der Waals surface area contributed by atoms with Crippen molar-refractivity contribution in [3.63, 3.8) is 0 Å². The zero-order valence-corrected chi connectivity index (χ0v) is 21.7. The van der Waals surface area contributed by atoms with E-state index in [1.165, 1.54) is 0 Å². The summed E-state index contributed by atoms with van der Waals surface area (Å²) in [6.07, 6.45) is -11.8. The molecule has 2 fully saturated rings. The minimum Gasteiger partial charge on any atom is -0.394 e. The number of ether oxygens (including phenoxy) is 4. The van der Waals surface area contributed by atoms with Gasteiger partial charge in [-0.25, -0.2) is 0 Å². The van der Waals surface area contributed by atoms with Crippen molar-refractivity contribution in [2.24, 2.45) is 11.3 Å². The number of hydrogen-bond donors (Lipinski definition) is 7. The van der Waals surface area contributed by atoms with Gasteiger partial charge in [0.1, 0.15) is 48.8 Å². The molecule has 0 aromatic carbocycles. The van der Waals surface area contributed by atoms with Crippen molar-refractivity contribution in [3.05, 3.63) is 11.6 Å². The van der Waals surface area contributed by atoms with Crippen molar-refractivity contribution in [1.29, 1.82) is 0 Å². The molecule has 214 valence electrons. The van der Waals surface area contributed by atoms with Gasteiger partial charge < -0.3 is 54.7 Å². The maximum Gasteiger partial charge on any atom is 0.187 e. The summed E-state index contributed by atoms with van der Waals surface area (Å²) < 4.78 is 22.4. The van der Waals surface area contributed by atoms with Crippen LogP contribution in [0.15, 0.2) is 11.6 Å². The van der Waals surface area contributed by atoms with E-state index in [2.05, 4.69) is 13.8 Å². The van der Waals surface area contributed by atoms with Crippen LogP contribution in [0.3, 0.4) is 0 Å². The van der Waals surface area contributed by atoms with E-state index in [0.717, 1.165) is 12.0 Å². The lowest BCUT2D eigenvalue weighted by molar-refractivity contribution is -0.362. The number of carbonyl (C=O) groups is 1. The largest absolute Gasteiger partial charge is 0.394 e. The molecule has 1 aliphatic carbocycles. The summed E-state index contributed by atoms with van der Waals surface area (Å²) >= 11 is 0. The van der Waals surface area contributed by atoms with E-state index >= 15 is 0 Å². The van der Waals surface area contributed by atoms with Crippen LogP contribution in [0.1, 0.15) is 47.0 Å². The smallest absolute Gasteiger partial charge is 0.187 e. The number of aliphatic hydroxyl groups excluding tert-OH is 7. The molecule has 37 heavy (non-hydrogen) atoms. The van der Waals surface area contributed by atoms with E-state index in [4.69, 9.17) is 18.9 Å². The highest BCUT2D eigenvalue weighted by atomic mass is 16.7. The van der Waals surface area contributed by atoms with E-state index < -0.39 is 80.7 Å². The third-order valence-electron chi connectivity index (χ3n) is 7.70. The first-order chi connectivity index (χ1) is 17.3. The van der Waals surface area contributed by atoms with Crippen LogP contribution in [0, 0.1) is 11.3 Å². The fourth-order valence-electron chi connectivity index (χ4n) is 5.58. The van der Waals surface area contributed by atoms with E-state index in [1.54, 1.807) is 13.0 Å². The molecule has 12 nitrogen and oxygen atoms in total. The van der Waals surface area contributed by atoms with Gasteiger partial charge in [0.2, 0.25) is 0 Å². The zero-order valence-electron chi connectivity index (χ0n) is 21.7. The molecule has 0 saturated carbocycles. The van der Waals surface area contributed by atoms with Crippen molar-refractivity contribution in [3.8, 4) is 0 Å². The molecule has 0 bridgehead atoms. The lowest BCUT2D eigenvalue weighted by atomic mass is 9.66. The average molecular weight is 535 g/mol. The number of allylic oxidation sites excluding steroid dienone is 2. The van der Waals surface area contributed by atoms with Gasteiger partial charge in [0.15, 0.2) is 18.4 Å². The van der Waals surface area contributed by atoms with Crippen LogP contribution in [-0.2, 0) is 23.7 Å². The predicted molar refractivity (Wildman–Crippen MR) is 127 cm³/mol. The molecule has 0 aromatic rings. The van der Waals surface area contributed by atoms with Crippen molar-refractivity contribution in [2.45, 2.75) is 114 Å². The number of aliphatic hydroxyl groups is 7. The molecule has 0 amide bonds. The standard InChI is InChI=1S/C25H42O12/c1-11-7-13(28)8-25(3,4)14(11)6-5-12(2)34-23-21(33)19(31)22(16(10-27)36-23)37-24-20(32)18(30)17(29)15(9-26)35-24/h7,12,14-24,26-27,29-33H,5-6,8-10H2,1-4H3/t12-,14+,15-,16-,17-,18+,19-,20-,21-,22-,23-,24+/m1/s1. The number of hydrogen-bond acceptors (Lipinski definition) is 12. The van der Waals surface area contributed by atoms with Gasteiger partial charge >= 0.3 is 0 Å². The van der Waals surface area contributed by atoms with E-state index in [1.807, 2.05) is 6.92 Å². The lowest BCUT2D eigenvalue weighted by Crippen LogP contribution is -2.64. The molecule has 3 rings (SSSR count). The molecule has 2 heterocycles. The molecular weight excluding hydrogens is 492 g/mol. The summed E-state index contributed by atoms with van der Waals surface area (Å²) in [5.41, 5.74) is 0.829. The first kappa shape index (κ1) is 30.5. The number of rotatable bonds is 9. The van der Waals surface area contributed by atoms with Gasteiger partial charge in [0.25, 0.3) is 0 Å². The fourth-order valence-corrected chi connectivity index (χ4v) is 5.58. The van der Waals surface area contributed by atoms with E-state index in [9.17, 15) is 40.5 Å². The van der Waals surface area contributed by atoms with Crippen molar-refractivity contribution < 1.29 is 59.5 Å². The van der Waals surface area contributed by atoms with Crippen LogP contribution in [0.2, 0.25) is 0 Å². The Hall–Kier alpha value is -1.03. The Bertz CT molecular complexity index is 799. The van der Waals surface area contributed by atoms with Crippen LogP contribution in [0.25, 0.3) is 0 Å². The molecule has 7 N–H and O–H groups in total. The minimum atomic E-state index is -1.73. The Balaban J connectivity index is 1.60. The topological polar surface area (TPSA) is 196 Å². The fraction of sp³-hybridized carbons (Fsp3) is 0.880. The summed E-state index contributed by atoms with van der Waals surface area (Å²) in [5, 5.41) is 70.8. The molecule has 2 saturated heterocycles. The van der Waals surface area contributed by atoms with Gasteiger partial charge in [-0.15, -0.1) is 0 Å². The highest BCUT2D eigenvalue weighted by Gasteiger charge is 2.51. The Morgan fingerprint density at radius 1 is 0.946 bits per heavy atom. The molecule has 2 aliphatic heterocycles. The predicted octanol–water partition coefficient (Wildman–Crippen LogP) is -1.64. The first-order valence-corrected chi connectivity index (χ1v) is 12.8. The number of carbonyl (C=O) groups excluding carboxylic acids is 1. The zero-order chi connectivity index (χ0) is 27.7. The van der Waals surface area contributed by atoms with Crippen LogP contribution in [0.4, 0.5) is 0 Å².